The van der Waals surface area contributed by atoms with E-state index in [0.29, 0.717) is 30.3 Å². The molecule has 0 N–H and O–H groups in total. The standard InChI is InChI=1S/C37H43NO3S/c1-38(2)20-21-40-34-18-16-29(17-19-34)22-32-14-9-15-33(23-32)37-25-35(41-27-31-12-7-4-8-13-31)24-36(42-37)28-39-26-30-10-5-3-6-11-30/h3-19,23,35-37H,20-22,24-28H2,1-2H3/t35-,36-,37+/m0/s1. The number of hydrogen-bond donors (Lipinski definition) is 0. The monoisotopic (exact) mass is 581 g/mol. The highest BCUT2D eigenvalue weighted by molar-refractivity contribution is 8.00. The van der Waals surface area contributed by atoms with Gasteiger partial charge in [-0.05, 0) is 73.3 Å². The summed E-state index contributed by atoms with van der Waals surface area (Å²) in [4.78, 5) is 2.13. The molecule has 0 amide bonds. The highest BCUT2D eigenvalue weighted by Gasteiger charge is 2.31. The number of likely N-dealkylation sites (N-methyl/N-ethyl adjacent to an activating group) is 1. The fourth-order valence-electron chi connectivity index (χ4n) is 5.29. The Morgan fingerprint density at radius 3 is 2.12 bits per heavy atom. The molecule has 42 heavy (non-hydrogen) atoms. The highest BCUT2D eigenvalue weighted by Crippen LogP contribution is 2.44. The molecule has 1 heterocycles. The number of thioether (sulfide) groups is 1. The number of rotatable bonds is 14. The molecule has 0 bridgehead atoms. The Kier molecular flexibility index (Phi) is 11.5. The Labute approximate surface area is 256 Å². The molecule has 1 aliphatic rings. The third-order valence-corrected chi connectivity index (χ3v) is 9.07. The zero-order valence-corrected chi connectivity index (χ0v) is 25.7. The maximum Gasteiger partial charge on any atom is 0.119 e. The Morgan fingerprint density at radius 1 is 0.714 bits per heavy atom. The average Bonchev–Trinajstić information content (AvgIpc) is 3.02. The first kappa shape index (κ1) is 30.4. The van der Waals surface area contributed by atoms with E-state index in [4.69, 9.17) is 14.2 Å². The molecule has 4 aromatic rings. The van der Waals surface area contributed by atoms with Gasteiger partial charge in [0.05, 0.1) is 25.9 Å². The third-order valence-electron chi connectivity index (χ3n) is 7.56. The van der Waals surface area contributed by atoms with Crippen LogP contribution in [0.5, 0.6) is 5.75 Å². The lowest BCUT2D eigenvalue weighted by atomic mass is 9.98. The summed E-state index contributed by atoms with van der Waals surface area (Å²) in [5, 5.41) is 0.759. The Bertz CT molecular complexity index is 1330. The summed E-state index contributed by atoms with van der Waals surface area (Å²) in [5.41, 5.74) is 6.44. The van der Waals surface area contributed by atoms with Gasteiger partial charge in [0.25, 0.3) is 0 Å². The second-order valence-corrected chi connectivity index (χ2v) is 12.9. The van der Waals surface area contributed by atoms with E-state index in [0.717, 1.165) is 38.2 Å². The first-order valence-electron chi connectivity index (χ1n) is 15.0. The van der Waals surface area contributed by atoms with Gasteiger partial charge in [-0.15, -0.1) is 11.8 Å². The lowest BCUT2D eigenvalue weighted by molar-refractivity contribution is 0.0180. The second-order valence-electron chi connectivity index (χ2n) is 11.4. The molecule has 5 rings (SSSR count). The quantitative estimate of drug-likeness (QED) is 0.151. The van der Waals surface area contributed by atoms with Crippen LogP contribution in [0.4, 0.5) is 0 Å². The summed E-state index contributed by atoms with van der Waals surface area (Å²) >= 11 is 2.05. The largest absolute Gasteiger partial charge is 0.492 e. The van der Waals surface area contributed by atoms with Crippen molar-refractivity contribution in [1.29, 1.82) is 0 Å². The van der Waals surface area contributed by atoms with E-state index >= 15 is 0 Å². The smallest absolute Gasteiger partial charge is 0.119 e. The zero-order valence-electron chi connectivity index (χ0n) is 24.9. The van der Waals surface area contributed by atoms with E-state index in [1.54, 1.807) is 0 Å². The van der Waals surface area contributed by atoms with Crippen LogP contribution in [0.25, 0.3) is 0 Å². The van der Waals surface area contributed by atoms with Crippen molar-refractivity contribution >= 4 is 11.8 Å². The molecule has 5 heteroatoms. The summed E-state index contributed by atoms with van der Waals surface area (Å²) in [6.45, 7) is 3.63. The molecule has 4 aromatic carbocycles. The van der Waals surface area contributed by atoms with Crippen molar-refractivity contribution in [3.05, 3.63) is 137 Å². The first-order valence-corrected chi connectivity index (χ1v) is 15.9. The number of ether oxygens (including phenoxy) is 3. The SMILES string of the molecule is CN(C)CCOc1ccc(Cc2cccc([C@H]3C[C@@H](OCc4ccccc4)C[C@@H](COCc4ccccc4)S3)c2)cc1. The maximum atomic E-state index is 6.51. The molecule has 3 atom stereocenters. The van der Waals surface area contributed by atoms with Crippen molar-refractivity contribution in [2.75, 3.05) is 33.9 Å². The van der Waals surface area contributed by atoms with Crippen LogP contribution in [0, 0.1) is 0 Å². The van der Waals surface area contributed by atoms with Gasteiger partial charge in [0.1, 0.15) is 12.4 Å². The predicted octanol–water partition coefficient (Wildman–Crippen LogP) is 7.96. The lowest BCUT2D eigenvalue weighted by Gasteiger charge is -2.35. The first-order chi connectivity index (χ1) is 20.6. The van der Waals surface area contributed by atoms with Crippen LogP contribution in [0.1, 0.15) is 45.9 Å². The van der Waals surface area contributed by atoms with Gasteiger partial charge < -0.3 is 19.1 Å². The van der Waals surface area contributed by atoms with E-state index in [9.17, 15) is 0 Å². The summed E-state index contributed by atoms with van der Waals surface area (Å²) in [6, 6.07) is 38.6. The number of benzene rings is 4. The van der Waals surface area contributed by atoms with Crippen molar-refractivity contribution in [1.82, 2.24) is 4.90 Å². The van der Waals surface area contributed by atoms with Crippen LogP contribution in [0.2, 0.25) is 0 Å². The molecular formula is C37H43NO3S. The van der Waals surface area contributed by atoms with Gasteiger partial charge in [0, 0.05) is 17.0 Å². The fraction of sp³-hybridized carbons (Fsp3) is 0.351. The minimum Gasteiger partial charge on any atom is -0.492 e. The normalized spacial score (nSPS) is 18.7. The molecule has 4 nitrogen and oxygen atoms in total. The van der Waals surface area contributed by atoms with E-state index in [-0.39, 0.29) is 6.10 Å². The van der Waals surface area contributed by atoms with Gasteiger partial charge in [-0.2, -0.15) is 0 Å². The molecule has 0 saturated carbocycles. The molecule has 220 valence electrons. The van der Waals surface area contributed by atoms with Crippen LogP contribution >= 0.6 is 11.8 Å². The van der Waals surface area contributed by atoms with Crippen molar-refractivity contribution in [2.45, 2.75) is 49.1 Å². The van der Waals surface area contributed by atoms with Crippen LogP contribution in [0.15, 0.2) is 109 Å². The predicted molar refractivity (Wildman–Crippen MR) is 174 cm³/mol. The molecule has 1 saturated heterocycles. The molecule has 0 aromatic heterocycles. The van der Waals surface area contributed by atoms with E-state index < -0.39 is 0 Å². The fourth-order valence-corrected chi connectivity index (χ4v) is 6.88. The Hall–Kier alpha value is -3.09. The summed E-state index contributed by atoms with van der Waals surface area (Å²) in [6.07, 6.45) is 3.12. The second kappa shape index (κ2) is 15.9. The van der Waals surface area contributed by atoms with Gasteiger partial charge in [-0.25, -0.2) is 0 Å². The van der Waals surface area contributed by atoms with Crippen molar-refractivity contribution in [2.24, 2.45) is 0 Å². The average molecular weight is 582 g/mol. The Morgan fingerprint density at radius 2 is 1.40 bits per heavy atom. The van der Waals surface area contributed by atoms with Gasteiger partial charge in [0.2, 0.25) is 0 Å². The van der Waals surface area contributed by atoms with Crippen LogP contribution in [-0.4, -0.2) is 50.1 Å². The molecule has 0 radical (unpaired) electrons. The molecule has 0 unspecified atom stereocenters. The van der Waals surface area contributed by atoms with E-state index in [1.165, 1.54) is 27.8 Å². The molecule has 1 aliphatic heterocycles. The van der Waals surface area contributed by atoms with E-state index in [2.05, 4.69) is 122 Å². The molecular weight excluding hydrogens is 538 g/mol. The zero-order chi connectivity index (χ0) is 29.0. The summed E-state index contributed by atoms with van der Waals surface area (Å²) in [5.74, 6) is 0.926. The van der Waals surface area contributed by atoms with Gasteiger partial charge >= 0.3 is 0 Å². The van der Waals surface area contributed by atoms with Crippen LogP contribution < -0.4 is 4.74 Å². The summed E-state index contributed by atoms with van der Waals surface area (Å²) in [7, 11) is 4.12. The van der Waals surface area contributed by atoms with Gasteiger partial charge in [-0.3, -0.25) is 0 Å². The lowest BCUT2D eigenvalue weighted by Crippen LogP contribution is -2.30. The van der Waals surface area contributed by atoms with Crippen LogP contribution in [0.3, 0.4) is 0 Å². The number of nitrogens with zero attached hydrogens (tertiary/aromatic N) is 1. The van der Waals surface area contributed by atoms with Crippen molar-refractivity contribution in [3.63, 3.8) is 0 Å². The minimum absolute atomic E-state index is 0.200. The highest BCUT2D eigenvalue weighted by atomic mass is 32.2. The topological polar surface area (TPSA) is 30.9 Å². The van der Waals surface area contributed by atoms with Gasteiger partial charge in [-0.1, -0.05) is 97.1 Å². The summed E-state index contributed by atoms with van der Waals surface area (Å²) < 4.78 is 18.6. The number of hydrogen-bond acceptors (Lipinski definition) is 5. The van der Waals surface area contributed by atoms with Crippen molar-refractivity contribution in [3.8, 4) is 5.75 Å². The van der Waals surface area contributed by atoms with Crippen molar-refractivity contribution < 1.29 is 14.2 Å². The van der Waals surface area contributed by atoms with E-state index in [1.807, 2.05) is 17.8 Å². The molecule has 0 aliphatic carbocycles. The molecule has 0 spiro atoms. The third kappa shape index (κ3) is 9.74. The Balaban J connectivity index is 1.22. The maximum absolute atomic E-state index is 6.51. The van der Waals surface area contributed by atoms with Gasteiger partial charge in [0.15, 0.2) is 0 Å². The molecule has 1 fully saturated rings. The van der Waals surface area contributed by atoms with Crippen LogP contribution in [-0.2, 0) is 29.1 Å². The minimum atomic E-state index is 0.200.